The van der Waals surface area contributed by atoms with Crippen molar-refractivity contribution in [1.29, 1.82) is 0 Å². The number of rotatable bonds is 5. The number of aryl methyl sites for hydroxylation is 1. The van der Waals surface area contributed by atoms with Crippen LogP contribution in [-0.2, 0) is 27.2 Å². The Balaban J connectivity index is 2.29. The smallest absolute Gasteiger partial charge is 0.319 e. The molecule has 0 N–H and O–H groups in total. The van der Waals surface area contributed by atoms with E-state index in [0.29, 0.717) is 12.8 Å². The molecule has 1 aromatic carbocycles. The number of carbonyl (C=O) groups is 2. The molecule has 1 saturated carbocycles. The fourth-order valence-corrected chi connectivity index (χ4v) is 3.49. The van der Waals surface area contributed by atoms with Crippen LogP contribution in [0.5, 0.6) is 0 Å². The minimum Gasteiger partial charge on any atom is -0.468 e. The maximum absolute atomic E-state index is 12.8. The molecule has 2 rings (SSSR count). The van der Waals surface area contributed by atoms with Crippen molar-refractivity contribution < 1.29 is 14.3 Å². The number of methoxy groups -OCH3 is 1. The Labute approximate surface area is 133 Å². The molecular formula is C19H26O3. The van der Waals surface area contributed by atoms with Gasteiger partial charge in [-0.25, -0.2) is 0 Å². The summed E-state index contributed by atoms with van der Waals surface area (Å²) in [6.07, 6.45) is 3.90. The Morgan fingerprint density at radius 2 is 1.73 bits per heavy atom. The Morgan fingerprint density at radius 3 is 2.18 bits per heavy atom. The van der Waals surface area contributed by atoms with E-state index in [2.05, 4.69) is 19.1 Å². The highest BCUT2D eigenvalue weighted by atomic mass is 16.5. The largest absolute Gasteiger partial charge is 0.468 e. The highest BCUT2D eigenvalue weighted by Crippen LogP contribution is 2.48. The average molecular weight is 302 g/mol. The van der Waals surface area contributed by atoms with Crippen LogP contribution in [0.15, 0.2) is 24.3 Å². The predicted octanol–water partition coefficient (Wildman–Crippen LogP) is 3.73. The van der Waals surface area contributed by atoms with E-state index in [0.717, 1.165) is 24.8 Å². The van der Waals surface area contributed by atoms with Crippen LogP contribution in [0, 0.1) is 10.8 Å². The van der Waals surface area contributed by atoms with Gasteiger partial charge in [-0.1, -0.05) is 51.5 Å². The number of esters is 1. The second-order valence-electron chi connectivity index (χ2n) is 7.03. The average Bonchev–Trinajstić information content (AvgIpc) is 2.73. The van der Waals surface area contributed by atoms with Gasteiger partial charge in [-0.2, -0.15) is 0 Å². The van der Waals surface area contributed by atoms with Gasteiger partial charge in [0.25, 0.3) is 0 Å². The number of carbonyl (C=O) groups excluding carboxylic acids is 2. The van der Waals surface area contributed by atoms with E-state index >= 15 is 0 Å². The normalized spacial score (nSPS) is 23.5. The molecule has 0 bridgehead atoms. The Kier molecular flexibility index (Phi) is 4.74. The molecule has 3 heteroatoms. The summed E-state index contributed by atoms with van der Waals surface area (Å²) in [5, 5.41) is 0. The fraction of sp³-hybridized carbons (Fsp3) is 0.579. The first kappa shape index (κ1) is 16.7. The van der Waals surface area contributed by atoms with E-state index in [1.54, 1.807) is 0 Å². The van der Waals surface area contributed by atoms with Gasteiger partial charge in [-0.15, -0.1) is 0 Å². The summed E-state index contributed by atoms with van der Waals surface area (Å²) in [5.41, 5.74) is 0.855. The monoisotopic (exact) mass is 302 g/mol. The highest BCUT2D eigenvalue weighted by Gasteiger charge is 2.57. The van der Waals surface area contributed by atoms with E-state index in [1.807, 2.05) is 26.0 Å². The van der Waals surface area contributed by atoms with Gasteiger partial charge >= 0.3 is 5.97 Å². The topological polar surface area (TPSA) is 43.4 Å². The molecule has 0 heterocycles. The summed E-state index contributed by atoms with van der Waals surface area (Å²) >= 11 is 0. The fourth-order valence-electron chi connectivity index (χ4n) is 3.49. The summed E-state index contributed by atoms with van der Waals surface area (Å²) in [6.45, 7) is 5.99. The zero-order valence-corrected chi connectivity index (χ0v) is 14.1. The lowest BCUT2D eigenvalue weighted by Gasteiger charge is -2.27. The highest BCUT2D eigenvalue weighted by molar-refractivity contribution is 6.08. The van der Waals surface area contributed by atoms with Crippen LogP contribution in [0.1, 0.15) is 51.2 Å². The maximum atomic E-state index is 12.8. The zero-order valence-electron chi connectivity index (χ0n) is 14.1. The van der Waals surface area contributed by atoms with Crippen molar-refractivity contribution >= 4 is 11.8 Å². The Hall–Kier alpha value is -1.64. The van der Waals surface area contributed by atoms with E-state index in [9.17, 15) is 9.59 Å². The van der Waals surface area contributed by atoms with Crippen LogP contribution in [0.3, 0.4) is 0 Å². The minimum atomic E-state index is -1.01. The second-order valence-corrected chi connectivity index (χ2v) is 7.03. The van der Waals surface area contributed by atoms with Gasteiger partial charge in [0.2, 0.25) is 0 Å². The van der Waals surface area contributed by atoms with Crippen molar-refractivity contribution in [1.82, 2.24) is 0 Å². The van der Waals surface area contributed by atoms with Crippen LogP contribution < -0.4 is 0 Å². The molecule has 1 aliphatic carbocycles. The molecule has 1 unspecified atom stereocenters. The number of benzene rings is 1. The maximum Gasteiger partial charge on any atom is 0.319 e. The van der Waals surface area contributed by atoms with Gasteiger partial charge in [0, 0.05) is 5.41 Å². The molecule has 3 nitrogen and oxygen atoms in total. The Morgan fingerprint density at radius 1 is 1.14 bits per heavy atom. The predicted molar refractivity (Wildman–Crippen MR) is 86.6 cm³/mol. The minimum absolute atomic E-state index is 0.0180. The number of ether oxygens (including phenoxy) is 1. The first-order chi connectivity index (χ1) is 10.4. The molecule has 0 saturated heterocycles. The van der Waals surface area contributed by atoms with Gasteiger partial charge in [0.15, 0.2) is 5.78 Å². The zero-order chi connectivity index (χ0) is 16.4. The molecule has 0 radical (unpaired) electrons. The van der Waals surface area contributed by atoms with Crippen molar-refractivity contribution in [2.24, 2.45) is 10.8 Å². The molecule has 1 fully saturated rings. The quantitative estimate of drug-likeness (QED) is 0.615. The molecule has 1 aliphatic rings. The molecular weight excluding hydrogens is 276 g/mol. The van der Waals surface area contributed by atoms with Crippen molar-refractivity contribution in [3.05, 3.63) is 35.4 Å². The summed E-state index contributed by atoms with van der Waals surface area (Å²) in [7, 11) is 1.37. The SMILES string of the molecule is CCCc1ccc(CC2(C(=O)OC)CCC(C)(C)C2=O)cc1. The third-order valence-electron chi connectivity index (χ3n) is 4.87. The van der Waals surface area contributed by atoms with Crippen LogP contribution in [0.25, 0.3) is 0 Å². The van der Waals surface area contributed by atoms with E-state index in [-0.39, 0.29) is 11.8 Å². The van der Waals surface area contributed by atoms with Gasteiger partial charge < -0.3 is 4.74 Å². The van der Waals surface area contributed by atoms with Gasteiger partial charge in [0.1, 0.15) is 5.41 Å². The molecule has 1 aromatic rings. The van der Waals surface area contributed by atoms with Gasteiger partial charge in [0.05, 0.1) is 7.11 Å². The lowest BCUT2D eigenvalue weighted by atomic mass is 9.75. The molecule has 120 valence electrons. The summed E-state index contributed by atoms with van der Waals surface area (Å²) in [6, 6.07) is 8.26. The van der Waals surface area contributed by atoms with Crippen molar-refractivity contribution in [3.8, 4) is 0 Å². The van der Waals surface area contributed by atoms with Crippen LogP contribution >= 0.6 is 0 Å². The number of hydrogen-bond donors (Lipinski definition) is 0. The van der Waals surface area contributed by atoms with Gasteiger partial charge in [-0.3, -0.25) is 9.59 Å². The van der Waals surface area contributed by atoms with E-state index in [1.165, 1.54) is 12.7 Å². The van der Waals surface area contributed by atoms with Crippen LogP contribution in [0.2, 0.25) is 0 Å². The van der Waals surface area contributed by atoms with Crippen molar-refractivity contribution in [2.45, 2.75) is 52.9 Å². The van der Waals surface area contributed by atoms with Crippen molar-refractivity contribution in [3.63, 3.8) is 0 Å². The molecule has 1 atom stereocenters. The van der Waals surface area contributed by atoms with E-state index < -0.39 is 10.8 Å². The molecule has 22 heavy (non-hydrogen) atoms. The Bertz CT molecular complexity index is 557. The first-order valence-corrected chi connectivity index (χ1v) is 8.07. The standard InChI is InChI=1S/C19H26O3/c1-5-6-14-7-9-15(10-8-14)13-19(17(21)22-4)12-11-18(2,3)16(19)20/h7-10H,5-6,11-13H2,1-4H3. The van der Waals surface area contributed by atoms with Crippen LogP contribution in [0.4, 0.5) is 0 Å². The van der Waals surface area contributed by atoms with E-state index in [4.69, 9.17) is 4.74 Å². The third kappa shape index (κ3) is 2.94. The summed E-state index contributed by atoms with van der Waals surface area (Å²) < 4.78 is 4.98. The lowest BCUT2D eigenvalue weighted by Crippen LogP contribution is -2.42. The number of ketones is 1. The molecule has 0 amide bonds. The lowest BCUT2D eigenvalue weighted by molar-refractivity contribution is -0.158. The molecule has 0 aromatic heterocycles. The summed E-state index contributed by atoms with van der Waals surface area (Å²) in [5.74, 6) is -0.370. The van der Waals surface area contributed by atoms with Crippen LogP contribution in [-0.4, -0.2) is 18.9 Å². The van der Waals surface area contributed by atoms with Crippen molar-refractivity contribution in [2.75, 3.05) is 7.11 Å². The first-order valence-electron chi connectivity index (χ1n) is 8.07. The summed E-state index contributed by atoms with van der Waals surface area (Å²) in [4.78, 5) is 25.2. The molecule has 0 spiro atoms. The third-order valence-corrected chi connectivity index (χ3v) is 4.87. The van der Waals surface area contributed by atoms with Gasteiger partial charge in [-0.05, 0) is 36.8 Å². The number of Topliss-reactive ketones (excluding diaryl/α,β-unsaturated/α-hetero) is 1. The number of hydrogen-bond acceptors (Lipinski definition) is 3. The molecule has 0 aliphatic heterocycles. The second kappa shape index (κ2) is 6.23.